The van der Waals surface area contributed by atoms with E-state index < -0.39 is 5.41 Å². The Hall–Kier alpha value is -1.16. The molecule has 1 N–H and O–H groups in total. The number of nitrogens with one attached hydrogen (secondary N) is 1. The minimum absolute atomic E-state index is 0.0284. The molecular formula is C14H16IN3O. The number of hydrogen-bond donors (Lipinski definition) is 1. The summed E-state index contributed by atoms with van der Waals surface area (Å²) in [7, 11) is 0. The second kappa shape index (κ2) is 4.75. The van der Waals surface area contributed by atoms with Gasteiger partial charge in [-0.3, -0.25) is 9.79 Å². The number of rotatable bonds is 1. The van der Waals surface area contributed by atoms with E-state index in [-0.39, 0.29) is 11.3 Å². The number of halogens is 1. The molecule has 100 valence electrons. The van der Waals surface area contributed by atoms with Crippen molar-refractivity contribution < 1.29 is 4.79 Å². The van der Waals surface area contributed by atoms with Crippen molar-refractivity contribution in [3.05, 3.63) is 21.6 Å². The molecule has 0 aromatic carbocycles. The van der Waals surface area contributed by atoms with Gasteiger partial charge in [0.15, 0.2) is 0 Å². The van der Waals surface area contributed by atoms with Crippen molar-refractivity contribution in [3.63, 3.8) is 0 Å². The summed E-state index contributed by atoms with van der Waals surface area (Å²) in [4.78, 5) is 16.2. The van der Waals surface area contributed by atoms with Gasteiger partial charge < -0.3 is 5.32 Å². The van der Waals surface area contributed by atoms with E-state index in [1.165, 1.54) is 0 Å². The van der Waals surface area contributed by atoms with Gasteiger partial charge in [0.1, 0.15) is 5.41 Å². The Morgan fingerprint density at radius 1 is 1.42 bits per heavy atom. The maximum atomic E-state index is 11.8. The molecule has 2 aliphatic rings. The molecule has 0 aromatic heterocycles. The highest BCUT2D eigenvalue weighted by atomic mass is 127. The summed E-state index contributed by atoms with van der Waals surface area (Å²) in [6, 6.07) is 2.33. The van der Waals surface area contributed by atoms with Gasteiger partial charge in [-0.15, -0.1) is 0 Å². The molecule has 1 unspecified atom stereocenters. The highest BCUT2D eigenvalue weighted by molar-refractivity contribution is 14.1. The molecule has 1 fully saturated rings. The van der Waals surface area contributed by atoms with Gasteiger partial charge in [-0.2, -0.15) is 5.26 Å². The van der Waals surface area contributed by atoms with Gasteiger partial charge in [0.2, 0.25) is 5.91 Å². The Balaban J connectivity index is 2.33. The molecule has 0 aromatic rings. The van der Waals surface area contributed by atoms with Gasteiger partial charge in [0, 0.05) is 29.7 Å². The van der Waals surface area contributed by atoms with Gasteiger partial charge in [-0.25, -0.2) is 0 Å². The monoisotopic (exact) mass is 369 g/mol. The number of nitrogens with zero attached hydrogens (tertiary/aromatic N) is 2. The fraction of sp³-hybridized carbons (Fsp3) is 0.500. The average molecular weight is 369 g/mol. The summed E-state index contributed by atoms with van der Waals surface area (Å²) in [5.41, 5.74) is 1.54. The zero-order chi connectivity index (χ0) is 14.3. The van der Waals surface area contributed by atoms with Crippen LogP contribution < -0.4 is 5.32 Å². The Bertz CT molecular complexity index is 566. The van der Waals surface area contributed by atoms with Crippen LogP contribution in [0.15, 0.2) is 26.5 Å². The SMILES string of the molecule is CC1(C)C/C(=C/C2=NC(=C/I)/CC2(C)C#N)NC1=O. The average Bonchev–Trinajstić information content (AvgIpc) is 2.79. The Kier molecular flexibility index (Phi) is 3.56. The first-order valence-electron chi connectivity index (χ1n) is 6.12. The second-order valence-electron chi connectivity index (χ2n) is 5.90. The third-order valence-corrected chi connectivity index (χ3v) is 4.29. The van der Waals surface area contributed by atoms with Crippen molar-refractivity contribution in [1.29, 1.82) is 5.26 Å². The zero-order valence-corrected chi connectivity index (χ0v) is 13.4. The molecule has 0 aliphatic carbocycles. The number of carbonyl (C=O) groups is 1. The van der Waals surface area contributed by atoms with Crippen LogP contribution in [0.25, 0.3) is 0 Å². The van der Waals surface area contributed by atoms with Crippen LogP contribution in [0, 0.1) is 22.2 Å². The second-order valence-corrected chi connectivity index (χ2v) is 6.53. The maximum Gasteiger partial charge on any atom is 0.230 e. The molecule has 2 aliphatic heterocycles. The number of aliphatic imine (C=N–C) groups is 1. The summed E-state index contributed by atoms with van der Waals surface area (Å²) in [5, 5.41) is 12.2. The molecule has 1 amide bonds. The van der Waals surface area contributed by atoms with E-state index in [1.807, 2.05) is 30.9 Å². The van der Waals surface area contributed by atoms with Crippen LogP contribution in [0.2, 0.25) is 0 Å². The van der Waals surface area contributed by atoms with Gasteiger partial charge in [-0.1, -0.05) is 36.4 Å². The first kappa shape index (κ1) is 14.3. The summed E-state index contributed by atoms with van der Waals surface area (Å²) in [6.45, 7) is 5.72. The Labute approximate surface area is 126 Å². The van der Waals surface area contributed by atoms with E-state index >= 15 is 0 Å². The fourth-order valence-electron chi connectivity index (χ4n) is 2.29. The van der Waals surface area contributed by atoms with Crippen LogP contribution in [0.5, 0.6) is 0 Å². The molecule has 2 rings (SSSR count). The number of amides is 1. The van der Waals surface area contributed by atoms with E-state index in [4.69, 9.17) is 0 Å². The lowest BCUT2D eigenvalue weighted by Gasteiger charge is -2.14. The smallest absolute Gasteiger partial charge is 0.230 e. The van der Waals surface area contributed by atoms with Crippen molar-refractivity contribution in [2.75, 3.05) is 0 Å². The number of hydrogen-bond acceptors (Lipinski definition) is 3. The van der Waals surface area contributed by atoms with Crippen LogP contribution in [0.3, 0.4) is 0 Å². The first-order chi connectivity index (χ1) is 8.80. The van der Waals surface area contributed by atoms with E-state index in [2.05, 4.69) is 39.0 Å². The van der Waals surface area contributed by atoms with E-state index in [1.54, 1.807) is 0 Å². The molecule has 4 nitrogen and oxygen atoms in total. The molecule has 0 saturated carbocycles. The fourth-order valence-corrected chi connectivity index (χ4v) is 2.65. The quantitative estimate of drug-likeness (QED) is 0.722. The molecule has 5 heteroatoms. The molecule has 1 atom stereocenters. The van der Waals surface area contributed by atoms with Crippen LogP contribution in [-0.2, 0) is 4.79 Å². The van der Waals surface area contributed by atoms with Gasteiger partial charge in [0.25, 0.3) is 0 Å². The van der Waals surface area contributed by atoms with E-state index in [0.29, 0.717) is 12.8 Å². The minimum atomic E-state index is -0.596. The van der Waals surface area contributed by atoms with Crippen molar-refractivity contribution in [1.82, 2.24) is 5.32 Å². The van der Waals surface area contributed by atoms with Crippen LogP contribution >= 0.6 is 22.6 Å². The Morgan fingerprint density at radius 2 is 2.11 bits per heavy atom. The van der Waals surface area contributed by atoms with Crippen LogP contribution in [-0.4, -0.2) is 11.6 Å². The van der Waals surface area contributed by atoms with E-state index in [9.17, 15) is 10.1 Å². The highest BCUT2D eigenvalue weighted by Crippen LogP contribution is 2.38. The van der Waals surface area contributed by atoms with Crippen molar-refractivity contribution in [3.8, 4) is 6.07 Å². The topological polar surface area (TPSA) is 65.2 Å². The zero-order valence-electron chi connectivity index (χ0n) is 11.2. The third-order valence-electron chi connectivity index (χ3n) is 3.57. The highest BCUT2D eigenvalue weighted by Gasteiger charge is 2.39. The number of carbonyl (C=O) groups excluding carboxylic acids is 1. The molecule has 0 radical (unpaired) electrons. The molecule has 19 heavy (non-hydrogen) atoms. The third kappa shape index (κ3) is 2.59. The number of nitriles is 1. The van der Waals surface area contributed by atoms with Crippen molar-refractivity contribution in [2.24, 2.45) is 15.8 Å². The lowest BCUT2D eigenvalue weighted by atomic mass is 9.84. The normalized spacial score (nSPS) is 33.4. The number of allylic oxidation sites excluding steroid dienone is 3. The van der Waals surface area contributed by atoms with Crippen LogP contribution in [0.1, 0.15) is 33.6 Å². The van der Waals surface area contributed by atoms with Crippen molar-refractivity contribution in [2.45, 2.75) is 33.6 Å². The largest absolute Gasteiger partial charge is 0.329 e. The predicted octanol–water partition coefficient (Wildman–Crippen LogP) is 3.07. The summed E-state index contributed by atoms with van der Waals surface area (Å²) < 4.78 is 1.90. The van der Waals surface area contributed by atoms with Crippen LogP contribution in [0.4, 0.5) is 0 Å². The lowest BCUT2D eigenvalue weighted by molar-refractivity contribution is -0.125. The van der Waals surface area contributed by atoms with Gasteiger partial charge in [0.05, 0.1) is 11.8 Å². The molecule has 0 spiro atoms. The van der Waals surface area contributed by atoms with Gasteiger partial charge >= 0.3 is 0 Å². The molecular weight excluding hydrogens is 353 g/mol. The summed E-state index contributed by atoms with van der Waals surface area (Å²) >= 11 is 2.14. The molecule has 2 heterocycles. The predicted molar refractivity (Wildman–Crippen MR) is 82.5 cm³/mol. The summed E-state index contributed by atoms with van der Waals surface area (Å²) in [6.07, 6.45) is 3.15. The maximum absolute atomic E-state index is 11.8. The standard InChI is InChI=1S/C14H16IN3O/c1-13(2)5-9(18-12(13)19)4-11-14(3,8-16)6-10(7-15)17-11/h4,7H,5-6H2,1-3H3,(H,18,19)/b9-4-,10-7+. The molecule has 0 bridgehead atoms. The van der Waals surface area contributed by atoms with Crippen molar-refractivity contribution >= 4 is 34.2 Å². The van der Waals surface area contributed by atoms with Gasteiger partial charge in [-0.05, 0) is 17.1 Å². The molecule has 1 saturated heterocycles. The van der Waals surface area contributed by atoms with E-state index in [0.717, 1.165) is 17.1 Å². The lowest BCUT2D eigenvalue weighted by Crippen LogP contribution is -2.25. The Morgan fingerprint density at radius 3 is 2.58 bits per heavy atom. The first-order valence-corrected chi connectivity index (χ1v) is 7.37. The minimum Gasteiger partial charge on any atom is -0.329 e. The summed E-state index contributed by atoms with van der Waals surface area (Å²) in [5.74, 6) is 0.0284.